The number of nitrogens with zero attached hydrogens (tertiary/aromatic N) is 1. The first-order valence-electron chi connectivity index (χ1n) is 6.23. The average molecular weight is 248 g/mol. The highest BCUT2D eigenvalue weighted by atomic mass is 16.5. The van der Waals surface area contributed by atoms with Crippen molar-refractivity contribution in [1.29, 1.82) is 0 Å². The maximum Gasteiger partial charge on any atom is 0.159 e. The summed E-state index contributed by atoms with van der Waals surface area (Å²) in [6.07, 6.45) is 0.121. The van der Waals surface area contributed by atoms with Crippen LogP contribution in [0.25, 0.3) is 0 Å². The van der Waals surface area contributed by atoms with Crippen molar-refractivity contribution in [3.63, 3.8) is 0 Å². The number of ketones is 1. The number of ether oxygens (including phenoxy) is 1. The van der Waals surface area contributed by atoms with Gasteiger partial charge >= 0.3 is 0 Å². The summed E-state index contributed by atoms with van der Waals surface area (Å²) in [4.78, 5) is 13.6. The van der Waals surface area contributed by atoms with Crippen LogP contribution in [-0.4, -0.2) is 38.6 Å². The van der Waals surface area contributed by atoms with Crippen LogP contribution in [-0.2, 0) is 0 Å². The number of anilines is 1. The van der Waals surface area contributed by atoms with Crippen LogP contribution in [0, 0.1) is 0 Å². The van der Waals surface area contributed by atoms with Crippen molar-refractivity contribution >= 4 is 11.5 Å². The van der Waals surface area contributed by atoms with Crippen LogP contribution in [0.5, 0.6) is 5.75 Å². The minimum absolute atomic E-state index is 0.0798. The van der Waals surface area contributed by atoms with Crippen LogP contribution in [0.1, 0.15) is 24.2 Å². The molecular formula is C14H20N2O2. The van der Waals surface area contributed by atoms with Gasteiger partial charge in [0.15, 0.2) is 5.78 Å². The summed E-state index contributed by atoms with van der Waals surface area (Å²) < 4.78 is 5.97. The number of Topliss-reactive ketones (excluding diaryl/α,β-unsaturated/α-hetero) is 1. The summed E-state index contributed by atoms with van der Waals surface area (Å²) in [5.41, 5.74) is 1.71. The molecule has 1 heterocycles. The molecule has 0 bridgehead atoms. The molecule has 0 fully saturated rings. The van der Waals surface area contributed by atoms with Gasteiger partial charge in [-0.15, -0.1) is 0 Å². The monoisotopic (exact) mass is 248 g/mol. The lowest BCUT2D eigenvalue weighted by Gasteiger charge is -2.39. The van der Waals surface area contributed by atoms with Crippen LogP contribution < -0.4 is 15.0 Å². The zero-order valence-corrected chi connectivity index (χ0v) is 11.4. The number of nitrogens with one attached hydrogen (secondary N) is 1. The highest BCUT2D eigenvalue weighted by molar-refractivity contribution is 5.95. The second kappa shape index (κ2) is 4.98. The maximum atomic E-state index is 11.4. The molecule has 0 amide bonds. The Morgan fingerprint density at radius 1 is 1.50 bits per heavy atom. The Hall–Kier alpha value is -1.55. The van der Waals surface area contributed by atoms with E-state index in [1.54, 1.807) is 6.92 Å². The van der Waals surface area contributed by atoms with Crippen LogP contribution >= 0.6 is 0 Å². The molecule has 1 aliphatic rings. The SMILES string of the molecule is CNCC1Oc2ccc(C(C)=O)cc2N(C)C1C. The topological polar surface area (TPSA) is 41.6 Å². The van der Waals surface area contributed by atoms with Gasteiger partial charge in [0.05, 0.1) is 11.7 Å². The van der Waals surface area contributed by atoms with E-state index in [4.69, 9.17) is 4.74 Å². The summed E-state index contributed by atoms with van der Waals surface area (Å²) in [6.45, 7) is 4.52. The molecule has 0 saturated heterocycles. The van der Waals surface area contributed by atoms with E-state index in [1.165, 1.54) is 0 Å². The fourth-order valence-electron chi connectivity index (χ4n) is 2.26. The lowest BCUT2D eigenvalue weighted by atomic mass is 10.0. The Labute approximate surface area is 108 Å². The quantitative estimate of drug-likeness (QED) is 0.827. The zero-order chi connectivity index (χ0) is 13.3. The number of hydrogen-bond acceptors (Lipinski definition) is 4. The van der Waals surface area contributed by atoms with Gasteiger partial charge < -0.3 is 15.0 Å². The van der Waals surface area contributed by atoms with E-state index < -0.39 is 0 Å². The Balaban J connectivity index is 2.36. The number of carbonyl (C=O) groups is 1. The third-order valence-electron chi connectivity index (χ3n) is 3.58. The summed E-state index contributed by atoms with van der Waals surface area (Å²) in [5.74, 6) is 0.928. The van der Waals surface area contributed by atoms with Crippen molar-refractivity contribution in [3.05, 3.63) is 23.8 Å². The first-order chi connectivity index (χ1) is 8.54. The Bertz CT molecular complexity index is 459. The van der Waals surface area contributed by atoms with Crippen molar-refractivity contribution in [2.24, 2.45) is 0 Å². The van der Waals surface area contributed by atoms with Crippen LogP contribution in [0.15, 0.2) is 18.2 Å². The van der Waals surface area contributed by atoms with Gasteiger partial charge in [-0.1, -0.05) is 0 Å². The molecule has 1 aromatic carbocycles. The van der Waals surface area contributed by atoms with E-state index in [-0.39, 0.29) is 17.9 Å². The second-order valence-corrected chi connectivity index (χ2v) is 4.80. The van der Waals surface area contributed by atoms with E-state index >= 15 is 0 Å². The average Bonchev–Trinajstić information content (AvgIpc) is 2.35. The largest absolute Gasteiger partial charge is 0.485 e. The van der Waals surface area contributed by atoms with Gasteiger partial charge in [0.25, 0.3) is 0 Å². The van der Waals surface area contributed by atoms with Crippen LogP contribution in [0.4, 0.5) is 5.69 Å². The molecule has 1 aromatic rings. The van der Waals surface area contributed by atoms with Gasteiger partial charge in [-0.25, -0.2) is 0 Å². The molecule has 4 heteroatoms. The number of carbonyl (C=O) groups excluding carboxylic acids is 1. The van der Waals surface area contributed by atoms with Crippen molar-refractivity contribution < 1.29 is 9.53 Å². The van der Waals surface area contributed by atoms with E-state index in [2.05, 4.69) is 17.1 Å². The third-order valence-corrected chi connectivity index (χ3v) is 3.58. The number of fused-ring (bicyclic) bond motifs is 1. The molecule has 2 atom stereocenters. The van der Waals surface area contributed by atoms with Crippen molar-refractivity contribution in [3.8, 4) is 5.75 Å². The minimum atomic E-state index is 0.0798. The van der Waals surface area contributed by atoms with Crippen molar-refractivity contribution in [1.82, 2.24) is 5.32 Å². The molecule has 4 nitrogen and oxygen atoms in total. The smallest absolute Gasteiger partial charge is 0.159 e. The first-order valence-corrected chi connectivity index (χ1v) is 6.23. The molecule has 0 aliphatic carbocycles. The van der Waals surface area contributed by atoms with Gasteiger partial charge in [0.2, 0.25) is 0 Å². The molecule has 98 valence electrons. The molecular weight excluding hydrogens is 228 g/mol. The van der Waals surface area contributed by atoms with Gasteiger partial charge in [0, 0.05) is 19.2 Å². The molecule has 0 spiro atoms. The van der Waals surface area contributed by atoms with Gasteiger partial charge in [-0.05, 0) is 39.1 Å². The predicted molar refractivity (Wildman–Crippen MR) is 72.7 cm³/mol. The van der Waals surface area contributed by atoms with E-state index in [0.717, 1.165) is 23.5 Å². The standard InChI is InChI=1S/C14H20N2O2/c1-9-14(8-15-3)18-13-6-5-11(10(2)17)7-12(13)16(9)4/h5-7,9,14-15H,8H2,1-4H3. The van der Waals surface area contributed by atoms with Gasteiger partial charge in [-0.2, -0.15) is 0 Å². The van der Waals surface area contributed by atoms with Crippen molar-refractivity contribution in [2.75, 3.05) is 25.5 Å². The third kappa shape index (κ3) is 2.20. The lowest BCUT2D eigenvalue weighted by Crippen LogP contribution is -2.50. The van der Waals surface area contributed by atoms with Gasteiger partial charge in [0.1, 0.15) is 11.9 Å². The summed E-state index contributed by atoms with van der Waals surface area (Å²) >= 11 is 0. The van der Waals surface area contributed by atoms with E-state index in [1.807, 2.05) is 32.3 Å². The molecule has 0 radical (unpaired) electrons. The molecule has 1 N–H and O–H groups in total. The Morgan fingerprint density at radius 2 is 2.22 bits per heavy atom. The maximum absolute atomic E-state index is 11.4. The predicted octanol–water partition coefficient (Wildman–Crippen LogP) is 1.69. The van der Waals surface area contributed by atoms with E-state index in [0.29, 0.717) is 0 Å². The molecule has 18 heavy (non-hydrogen) atoms. The number of likely N-dealkylation sites (N-methyl/N-ethyl adjacent to an activating group) is 2. The fourth-order valence-corrected chi connectivity index (χ4v) is 2.26. The molecule has 0 aromatic heterocycles. The normalized spacial score (nSPS) is 22.3. The fraction of sp³-hybridized carbons (Fsp3) is 0.500. The minimum Gasteiger partial charge on any atom is -0.485 e. The van der Waals surface area contributed by atoms with E-state index in [9.17, 15) is 4.79 Å². The van der Waals surface area contributed by atoms with Gasteiger partial charge in [-0.3, -0.25) is 4.79 Å². The number of hydrogen-bond donors (Lipinski definition) is 1. The zero-order valence-electron chi connectivity index (χ0n) is 11.4. The highest BCUT2D eigenvalue weighted by Crippen LogP contribution is 2.35. The molecule has 2 unspecified atom stereocenters. The summed E-state index contributed by atoms with van der Waals surface area (Å²) in [7, 11) is 3.96. The number of benzene rings is 1. The molecule has 2 rings (SSSR count). The second-order valence-electron chi connectivity index (χ2n) is 4.80. The molecule has 0 saturated carbocycles. The lowest BCUT2D eigenvalue weighted by molar-refractivity contribution is 0.101. The summed E-state index contributed by atoms with van der Waals surface area (Å²) in [6, 6.07) is 5.88. The van der Waals surface area contributed by atoms with Crippen LogP contribution in [0.2, 0.25) is 0 Å². The highest BCUT2D eigenvalue weighted by Gasteiger charge is 2.30. The number of rotatable bonds is 3. The molecule has 1 aliphatic heterocycles. The Kier molecular flexibility index (Phi) is 3.57. The van der Waals surface area contributed by atoms with Crippen molar-refractivity contribution in [2.45, 2.75) is 26.0 Å². The Morgan fingerprint density at radius 3 is 2.83 bits per heavy atom. The summed E-state index contributed by atoms with van der Waals surface area (Å²) in [5, 5.41) is 3.14. The first kappa shape index (κ1) is 12.9. The van der Waals surface area contributed by atoms with Crippen LogP contribution in [0.3, 0.4) is 0 Å².